The van der Waals surface area contributed by atoms with Crippen molar-refractivity contribution in [3.05, 3.63) is 71.8 Å². The van der Waals surface area contributed by atoms with Crippen LogP contribution in [-0.4, -0.2) is 53.3 Å². The van der Waals surface area contributed by atoms with Gasteiger partial charge in [-0.1, -0.05) is 60.7 Å². The highest BCUT2D eigenvalue weighted by molar-refractivity contribution is 5.97. The van der Waals surface area contributed by atoms with Gasteiger partial charge >= 0.3 is 0 Å². The van der Waals surface area contributed by atoms with Crippen molar-refractivity contribution in [2.75, 3.05) is 19.6 Å². The number of rotatable bonds is 4. The first-order valence-electron chi connectivity index (χ1n) is 9.12. The monoisotopic (exact) mass is 349 g/mol. The van der Waals surface area contributed by atoms with Crippen molar-refractivity contribution in [3.63, 3.8) is 0 Å². The quantitative estimate of drug-likeness (QED) is 0.909. The molecule has 2 aliphatic heterocycles. The summed E-state index contributed by atoms with van der Waals surface area (Å²) in [5, 5.41) is 2.94. The molecule has 2 aromatic rings. The zero-order chi connectivity index (χ0) is 17.9. The smallest absolute Gasteiger partial charge is 0.246 e. The fourth-order valence-electron chi connectivity index (χ4n) is 3.83. The van der Waals surface area contributed by atoms with E-state index in [-0.39, 0.29) is 17.9 Å². The molecule has 0 saturated carbocycles. The van der Waals surface area contributed by atoms with Crippen LogP contribution in [0.1, 0.15) is 11.1 Å². The highest BCUT2D eigenvalue weighted by Gasteiger charge is 2.43. The van der Waals surface area contributed by atoms with Crippen LogP contribution in [0.4, 0.5) is 0 Å². The first kappa shape index (κ1) is 16.8. The van der Waals surface area contributed by atoms with Crippen molar-refractivity contribution in [1.29, 1.82) is 0 Å². The maximum atomic E-state index is 12.9. The Balaban J connectivity index is 1.42. The molecule has 2 aliphatic rings. The maximum absolute atomic E-state index is 12.9. The van der Waals surface area contributed by atoms with E-state index >= 15 is 0 Å². The molecule has 4 rings (SSSR count). The number of carbonyl (C=O) groups is 2. The van der Waals surface area contributed by atoms with E-state index in [1.807, 2.05) is 48.5 Å². The minimum absolute atomic E-state index is 0.0386. The van der Waals surface area contributed by atoms with E-state index < -0.39 is 6.04 Å². The van der Waals surface area contributed by atoms with Crippen LogP contribution >= 0.6 is 0 Å². The molecule has 2 atom stereocenters. The molecule has 134 valence electrons. The fourth-order valence-corrected chi connectivity index (χ4v) is 3.83. The Hall–Kier alpha value is -2.66. The van der Waals surface area contributed by atoms with Crippen molar-refractivity contribution in [2.24, 2.45) is 0 Å². The lowest BCUT2D eigenvalue weighted by atomic mass is 9.98. The van der Waals surface area contributed by atoms with Crippen LogP contribution in [0.3, 0.4) is 0 Å². The van der Waals surface area contributed by atoms with E-state index in [2.05, 4.69) is 22.3 Å². The van der Waals surface area contributed by atoms with Gasteiger partial charge in [-0.05, 0) is 11.1 Å². The lowest BCUT2D eigenvalue weighted by Gasteiger charge is -2.45. The SMILES string of the molecule is O=C1N[C@@H](Cc2ccccc2)C(=O)N2CCN(Cc3ccccc3)C[C@H]12. The Morgan fingerprint density at radius 1 is 0.885 bits per heavy atom. The van der Waals surface area contributed by atoms with Gasteiger partial charge in [-0.3, -0.25) is 14.5 Å². The number of carbonyl (C=O) groups excluding carboxylic acids is 2. The van der Waals surface area contributed by atoms with Gasteiger partial charge in [0.05, 0.1) is 0 Å². The minimum Gasteiger partial charge on any atom is -0.342 e. The summed E-state index contributed by atoms with van der Waals surface area (Å²) in [4.78, 5) is 29.5. The predicted octanol–water partition coefficient (Wildman–Crippen LogP) is 1.44. The summed E-state index contributed by atoms with van der Waals surface area (Å²) in [5.41, 5.74) is 2.29. The molecule has 5 nitrogen and oxygen atoms in total. The highest BCUT2D eigenvalue weighted by atomic mass is 16.2. The van der Waals surface area contributed by atoms with Gasteiger partial charge in [0.2, 0.25) is 11.8 Å². The molecule has 0 spiro atoms. The zero-order valence-electron chi connectivity index (χ0n) is 14.7. The average Bonchev–Trinajstić information content (AvgIpc) is 2.67. The third-order valence-corrected chi connectivity index (χ3v) is 5.20. The van der Waals surface area contributed by atoms with Gasteiger partial charge in [0.1, 0.15) is 12.1 Å². The predicted molar refractivity (Wildman–Crippen MR) is 99.3 cm³/mol. The van der Waals surface area contributed by atoms with Gasteiger partial charge in [-0.2, -0.15) is 0 Å². The Bertz CT molecular complexity index is 778. The van der Waals surface area contributed by atoms with E-state index in [0.29, 0.717) is 19.5 Å². The second-order valence-corrected chi connectivity index (χ2v) is 7.02. The van der Waals surface area contributed by atoms with Crippen molar-refractivity contribution >= 4 is 11.8 Å². The lowest BCUT2D eigenvalue weighted by Crippen LogP contribution is -2.69. The standard InChI is InChI=1S/C21H23N3O2/c25-20-19-15-23(14-17-9-5-2-6-10-17)11-12-24(19)21(26)18(22-20)13-16-7-3-1-4-8-16/h1-10,18-19H,11-15H2,(H,22,25)/t18-,19+/m0/s1. The van der Waals surface area contributed by atoms with Crippen LogP contribution in [0, 0.1) is 0 Å². The molecule has 2 fully saturated rings. The molecule has 0 bridgehead atoms. The van der Waals surface area contributed by atoms with Crippen LogP contribution in [0.15, 0.2) is 60.7 Å². The van der Waals surface area contributed by atoms with Crippen molar-refractivity contribution < 1.29 is 9.59 Å². The van der Waals surface area contributed by atoms with Gasteiger partial charge in [0.25, 0.3) is 0 Å². The molecule has 1 N–H and O–H groups in total. The number of benzene rings is 2. The first-order chi connectivity index (χ1) is 12.7. The summed E-state index contributed by atoms with van der Waals surface area (Å²) < 4.78 is 0. The van der Waals surface area contributed by atoms with E-state index in [9.17, 15) is 9.59 Å². The molecule has 0 aromatic heterocycles. The molecule has 26 heavy (non-hydrogen) atoms. The van der Waals surface area contributed by atoms with Gasteiger partial charge in [-0.15, -0.1) is 0 Å². The third kappa shape index (κ3) is 3.48. The van der Waals surface area contributed by atoms with Gasteiger partial charge in [0.15, 0.2) is 0 Å². The largest absolute Gasteiger partial charge is 0.342 e. The molecule has 0 radical (unpaired) electrons. The minimum atomic E-state index is -0.457. The highest BCUT2D eigenvalue weighted by Crippen LogP contribution is 2.19. The van der Waals surface area contributed by atoms with E-state index in [4.69, 9.17) is 0 Å². The molecule has 2 aromatic carbocycles. The molecule has 2 saturated heterocycles. The summed E-state index contributed by atoms with van der Waals surface area (Å²) in [7, 11) is 0. The second kappa shape index (κ2) is 7.30. The molecule has 2 amide bonds. The molecular weight excluding hydrogens is 326 g/mol. The Labute approximate surface area is 153 Å². The van der Waals surface area contributed by atoms with Crippen LogP contribution in [0.5, 0.6) is 0 Å². The summed E-state index contributed by atoms with van der Waals surface area (Å²) in [6.45, 7) is 2.79. The van der Waals surface area contributed by atoms with Crippen molar-refractivity contribution in [2.45, 2.75) is 25.0 Å². The van der Waals surface area contributed by atoms with Crippen molar-refractivity contribution in [1.82, 2.24) is 15.1 Å². The third-order valence-electron chi connectivity index (χ3n) is 5.20. The molecular formula is C21H23N3O2. The summed E-state index contributed by atoms with van der Waals surface area (Å²) in [6.07, 6.45) is 0.544. The number of nitrogens with one attached hydrogen (secondary N) is 1. The number of piperazine rings is 2. The number of hydrogen-bond acceptors (Lipinski definition) is 3. The van der Waals surface area contributed by atoms with Crippen LogP contribution in [0.25, 0.3) is 0 Å². The second-order valence-electron chi connectivity index (χ2n) is 7.02. The summed E-state index contributed by atoms with van der Waals surface area (Å²) in [6, 6.07) is 19.2. The number of fused-ring (bicyclic) bond motifs is 1. The molecule has 0 aliphatic carbocycles. The topological polar surface area (TPSA) is 52.7 Å². The lowest BCUT2D eigenvalue weighted by molar-refractivity contribution is -0.153. The van der Waals surface area contributed by atoms with Gasteiger partial charge < -0.3 is 10.2 Å². The molecule has 2 heterocycles. The Morgan fingerprint density at radius 3 is 2.23 bits per heavy atom. The van der Waals surface area contributed by atoms with Gasteiger partial charge in [0, 0.05) is 32.6 Å². The van der Waals surface area contributed by atoms with Crippen LogP contribution < -0.4 is 5.32 Å². The number of amides is 2. The van der Waals surface area contributed by atoms with Crippen molar-refractivity contribution in [3.8, 4) is 0 Å². The zero-order valence-corrected chi connectivity index (χ0v) is 14.7. The maximum Gasteiger partial charge on any atom is 0.246 e. The van der Waals surface area contributed by atoms with Crippen LogP contribution in [0.2, 0.25) is 0 Å². The fraction of sp³-hybridized carbons (Fsp3) is 0.333. The number of hydrogen-bond donors (Lipinski definition) is 1. The molecule has 0 unspecified atom stereocenters. The number of nitrogens with zero attached hydrogens (tertiary/aromatic N) is 2. The van der Waals surface area contributed by atoms with E-state index in [0.717, 1.165) is 18.7 Å². The summed E-state index contributed by atoms with van der Waals surface area (Å²) >= 11 is 0. The van der Waals surface area contributed by atoms with E-state index in [1.165, 1.54) is 5.56 Å². The Morgan fingerprint density at radius 2 is 1.54 bits per heavy atom. The van der Waals surface area contributed by atoms with Gasteiger partial charge in [-0.25, -0.2) is 0 Å². The normalized spacial score (nSPS) is 23.5. The Kier molecular flexibility index (Phi) is 4.71. The average molecular weight is 349 g/mol. The first-order valence-corrected chi connectivity index (χ1v) is 9.12. The van der Waals surface area contributed by atoms with E-state index in [1.54, 1.807) is 4.90 Å². The summed E-state index contributed by atoms with van der Waals surface area (Å²) in [5.74, 6) is 0.00102. The molecule has 5 heteroatoms. The van der Waals surface area contributed by atoms with Crippen LogP contribution in [-0.2, 0) is 22.6 Å².